The standard InChI is InChI=1S/C17H21N3O2/c1-11-4-3-5-14-16(11)18-10-20(17(14)22)9-8-15(21)19-12(2)13-6-7-13/h3-5,10,12-13H,6-9H2,1-2H3,(H,19,21). The highest BCUT2D eigenvalue weighted by Gasteiger charge is 2.28. The van der Waals surface area contributed by atoms with Crippen LogP contribution < -0.4 is 10.9 Å². The zero-order chi connectivity index (χ0) is 15.7. The van der Waals surface area contributed by atoms with Crippen molar-refractivity contribution in [1.29, 1.82) is 0 Å². The van der Waals surface area contributed by atoms with E-state index >= 15 is 0 Å². The van der Waals surface area contributed by atoms with Crippen molar-refractivity contribution in [2.45, 2.75) is 45.7 Å². The molecule has 1 aromatic heterocycles. The lowest BCUT2D eigenvalue weighted by molar-refractivity contribution is -0.122. The van der Waals surface area contributed by atoms with Gasteiger partial charge < -0.3 is 5.32 Å². The molecule has 2 aromatic rings. The lowest BCUT2D eigenvalue weighted by atomic mass is 10.1. The molecule has 1 heterocycles. The van der Waals surface area contributed by atoms with E-state index in [1.165, 1.54) is 23.7 Å². The van der Waals surface area contributed by atoms with Crippen LogP contribution in [0.15, 0.2) is 29.3 Å². The maximum Gasteiger partial charge on any atom is 0.261 e. The van der Waals surface area contributed by atoms with Gasteiger partial charge in [-0.25, -0.2) is 4.98 Å². The molecule has 1 fully saturated rings. The smallest absolute Gasteiger partial charge is 0.261 e. The van der Waals surface area contributed by atoms with E-state index in [2.05, 4.69) is 10.3 Å². The predicted octanol–water partition coefficient (Wildman–Crippen LogP) is 2.01. The van der Waals surface area contributed by atoms with Crippen molar-refractivity contribution < 1.29 is 4.79 Å². The van der Waals surface area contributed by atoms with Gasteiger partial charge in [0.1, 0.15) is 0 Å². The van der Waals surface area contributed by atoms with E-state index in [1.54, 1.807) is 6.07 Å². The van der Waals surface area contributed by atoms with Crippen LogP contribution in [0.25, 0.3) is 10.9 Å². The summed E-state index contributed by atoms with van der Waals surface area (Å²) in [4.78, 5) is 28.7. The van der Waals surface area contributed by atoms with E-state index in [9.17, 15) is 9.59 Å². The first kappa shape index (κ1) is 14.8. The topological polar surface area (TPSA) is 64.0 Å². The van der Waals surface area contributed by atoms with Gasteiger partial charge >= 0.3 is 0 Å². The van der Waals surface area contributed by atoms with Gasteiger partial charge in [0.25, 0.3) is 5.56 Å². The largest absolute Gasteiger partial charge is 0.353 e. The Hall–Kier alpha value is -2.17. The molecule has 5 heteroatoms. The van der Waals surface area contributed by atoms with Gasteiger partial charge in [-0.15, -0.1) is 0 Å². The maximum atomic E-state index is 12.4. The number of hydrogen-bond acceptors (Lipinski definition) is 3. The highest BCUT2D eigenvalue weighted by molar-refractivity contribution is 5.80. The van der Waals surface area contributed by atoms with E-state index in [0.717, 1.165) is 11.1 Å². The number of benzene rings is 1. The molecule has 0 radical (unpaired) electrons. The molecule has 0 bridgehead atoms. The summed E-state index contributed by atoms with van der Waals surface area (Å²) in [5, 5.41) is 3.61. The third-order valence-electron chi connectivity index (χ3n) is 4.35. The lowest BCUT2D eigenvalue weighted by Crippen LogP contribution is -2.35. The minimum Gasteiger partial charge on any atom is -0.353 e. The molecule has 116 valence electrons. The van der Waals surface area contributed by atoms with Crippen LogP contribution in [0, 0.1) is 12.8 Å². The Labute approximate surface area is 129 Å². The predicted molar refractivity (Wildman–Crippen MR) is 85.7 cm³/mol. The van der Waals surface area contributed by atoms with Crippen molar-refractivity contribution in [3.8, 4) is 0 Å². The quantitative estimate of drug-likeness (QED) is 0.918. The van der Waals surface area contributed by atoms with Crippen molar-refractivity contribution in [2.24, 2.45) is 5.92 Å². The number of nitrogens with one attached hydrogen (secondary N) is 1. The normalized spacial score (nSPS) is 15.7. The fraction of sp³-hybridized carbons (Fsp3) is 0.471. The molecule has 1 N–H and O–H groups in total. The Morgan fingerprint density at radius 1 is 1.45 bits per heavy atom. The van der Waals surface area contributed by atoms with Gasteiger partial charge in [0.2, 0.25) is 5.91 Å². The molecule has 0 aliphatic heterocycles. The zero-order valence-corrected chi connectivity index (χ0v) is 13.0. The van der Waals surface area contributed by atoms with E-state index in [0.29, 0.717) is 24.3 Å². The molecule has 3 rings (SSSR count). The van der Waals surface area contributed by atoms with E-state index in [1.807, 2.05) is 26.0 Å². The maximum absolute atomic E-state index is 12.4. The van der Waals surface area contributed by atoms with Crippen LogP contribution in [0.5, 0.6) is 0 Å². The summed E-state index contributed by atoms with van der Waals surface area (Å²) in [5.41, 5.74) is 1.63. The SMILES string of the molecule is Cc1cccc2c(=O)n(CCC(=O)NC(C)C3CC3)cnc12. The molecule has 1 amide bonds. The Bertz CT molecular complexity index is 762. The van der Waals surface area contributed by atoms with Crippen LogP contribution in [0.2, 0.25) is 0 Å². The lowest BCUT2D eigenvalue weighted by Gasteiger charge is -2.13. The van der Waals surface area contributed by atoms with Gasteiger partial charge in [-0.3, -0.25) is 14.2 Å². The molecule has 1 saturated carbocycles. The number of para-hydroxylation sites is 1. The fourth-order valence-corrected chi connectivity index (χ4v) is 2.76. The number of hydrogen-bond donors (Lipinski definition) is 1. The van der Waals surface area contributed by atoms with Crippen LogP contribution in [0.4, 0.5) is 0 Å². The summed E-state index contributed by atoms with van der Waals surface area (Å²) in [6.45, 7) is 4.34. The molecule has 1 unspecified atom stereocenters. The third-order valence-corrected chi connectivity index (χ3v) is 4.35. The van der Waals surface area contributed by atoms with Crippen LogP contribution >= 0.6 is 0 Å². The number of carbonyl (C=O) groups is 1. The Morgan fingerprint density at radius 2 is 2.23 bits per heavy atom. The summed E-state index contributed by atoms with van der Waals surface area (Å²) < 4.78 is 1.52. The number of fused-ring (bicyclic) bond motifs is 1. The van der Waals surface area contributed by atoms with Crippen LogP contribution in [-0.4, -0.2) is 21.5 Å². The number of rotatable bonds is 5. The second-order valence-corrected chi connectivity index (χ2v) is 6.16. The average Bonchev–Trinajstić information content (AvgIpc) is 3.32. The number of aryl methyl sites for hydroxylation is 2. The van der Waals surface area contributed by atoms with Crippen molar-refractivity contribution >= 4 is 16.8 Å². The highest BCUT2D eigenvalue weighted by atomic mass is 16.2. The second-order valence-electron chi connectivity index (χ2n) is 6.16. The van der Waals surface area contributed by atoms with Crippen LogP contribution in [0.1, 0.15) is 31.7 Å². The molecule has 1 aliphatic rings. The molecular weight excluding hydrogens is 278 g/mol. The first-order valence-corrected chi connectivity index (χ1v) is 7.80. The Balaban J connectivity index is 1.70. The number of aromatic nitrogens is 2. The van der Waals surface area contributed by atoms with Crippen molar-refractivity contribution in [3.63, 3.8) is 0 Å². The summed E-state index contributed by atoms with van der Waals surface area (Å²) in [6.07, 6.45) is 4.24. The van der Waals surface area contributed by atoms with Gasteiger partial charge in [0.05, 0.1) is 17.2 Å². The van der Waals surface area contributed by atoms with E-state index in [4.69, 9.17) is 0 Å². The van der Waals surface area contributed by atoms with Crippen molar-refractivity contribution in [1.82, 2.24) is 14.9 Å². The third kappa shape index (κ3) is 3.03. The monoisotopic (exact) mass is 299 g/mol. The molecule has 22 heavy (non-hydrogen) atoms. The minimum atomic E-state index is -0.0864. The van der Waals surface area contributed by atoms with Gasteiger partial charge in [-0.2, -0.15) is 0 Å². The molecule has 0 spiro atoms. The van der Waals surface area contributed by atoms with Gasteiger partial charge in [0.15, 0.2) is 0 Å². The summed E-state index contributed by atoms with van der Waals surface area (Å²) in [5.74, 6) is 0.632. The first-order chi connectivity index (χ1) is 10.6. The first-order valence-electron chi connectivity index (χ1n) is 7.80. The van der Waals surface area contributed by atoms with Gasteiger partial charge in [0, 0.05) is 19.0 Å². The minimum absolute atomic E-state index is 0.00404. The van der Waals surface area contributed by atoms with Gasteiger partial charge in [-0.1, -0.05) is 12.1 Å². The fourth-order valence-electron chi connectivity index (χ4n) is 2.76. The van der Waals surface area contributed by atoms with Crippen molar-refractivity contribution in [2.75, 3.05) is 0 Å². The molecule has 1 aromatic carbocycles. The number of carbonyl (C=O) groups excluding carboxylic acids is 1. The second kappa shape index (κ2) is 5.91. The van der Waals surface area contributed by atoms with Crippen molar-refractivity contribution in [3.05, 3.63) is 40.4 Å². The summed E-state index contributed by atoms with van der Waals surface area (Å²) in [7, 11) is 0. The van der Waals surface area contributed by atoms with Crippen LogP contribution in [-0.2, 0) is 11.3 Å². The Kier molecular flexibility index (Phi) is 3.96. The van der Waals surface area contributed by atoms with E-state index in [-0.39, 0.29) is 17.5 Å². The number of amides is 1. The van der Waals surface area contributed by atoms with Gasteiger partial charge in [-0.05, 0) is 44.2 Å². The summed E-state index contributed by atoms with van der Waals surface area (Å²) >= 11 is 0. The van der Waals surface area contributed by atoms with Crippen LogP contribution in [0.3, 0.4) is 0 Å². The molecular formula is C17H21N3O2. The highest BCUT2D eigenvalue weighted by Crippen LogP contribution is 2.32. The Morgan fingerprint density at radius 3 is 2.95 bits per heavy atom. The summed E-state index contributed by atoms with van der Waals surface area (Å²) in [6, 6.07) is 5.81. The molecule has 5 nitrogen and oxygen atoms in total. The zero-order valence-electron chi connectivity index (χ0n) is 13.0. The van der Waals surface area contributed by atoms with E-state index < -0.39 is 0 Å². The molecule has 0 saturated heterocycles. The molecule has 1 atom stereocenters. The number of nitrogens with zero attached hydrogens (tertiary/aromatic N) is 2. The average molecular weight is 299 g/mol. The molecule has 1 aliphatic carbocycles.